The number of carbonyl (C=O) groups is 2. The number of rotatable bonds is 20. The number of aliphatic hydroxyl groups excluding tert-OH is 1. The van der Waals surface area contributed by atoms with Crippen LogP contribution >= 0.6 is 0 Å². The van der Waals surface area contributed by atoms with E-state index in [0.717, 1.165) is 12.2 Å². The van der Waals surface area contributed by atoms with Crippen molar-refractivity contribution in [3.63, 3.8) is 0 Å². The molecule has 0 spiro atoms. The quantitative estimate of drug-likeness (QED) is 0.100. The van der Waals surface area contributed by atoms with E-state index >= 15 is 0 Å². The van der Waals surface area contributed by atoms with Crippen LogP contribution in [0.5, 0.6) is 0 Å². The largest absolute Gasteiger partial charge is 0.492 e. The van der Waals surface area contributed by atoms with Crippen molar-refractivity contribution in [3.8, 4) is 0 Å². The summed E-state index contributed by atoms with van der Waals surface area (Å²) in [5, 5.41) is 9.93. The van der Waals surface area contributed by atoms with E-state index < -0.39 is 17.4 Å². The maximum atomic E-state index is 11.0. The molecule has 0 atom stereocenters. The molecule has 0 unspecified atom stereocenters. The van der Waals surface area contributed by atoms with E-state index in [4.69, 9.17) is 28.4 Å². The number of carbonyl (C=O) groups excluding carboxylic acids is 2. The molecule has 9 heteroatoms. The molecule has 0 fully saturated rings. The highest BCUT2D eigenvalue weighted by atomic mass is 16.6. The van der Waals surface area contributed by atoms with Gasteiger partial charge in [-0.1, -0.05) is 26.3 Å². The third kappa shape index (κ3) is 13.7. The Kier molecular flexibility index (Phi) is 16.0. The second kappa shape index (κ2) is 17.4. The molecule has 0 heterocycles. The lowest BCUT2D eigenvalue weighted by atomic mass is 9.92. The number of hydrogen-bond donors (Lipinski definition) is 1. The molecule has 30 heavy (non-hydrogen) atoms. The molecule has 0 aliphatic rings. The smallest absolute Gasteiger partial charge is 0.330 e. The van der Waals surface area contributed by atoms with E-state index in [1.54, 1.807) is 0 Å². The highest BCUT2D eigenvalue weighted by Crippen LogP contribution is 2.19. The molecule has 1 N–H and O–H groups in total. The Bertz CT molecular complexity index is 483. The summed E-state index contributed by atoms with van der Waals surface area (Å²) in [5.74, 6) is -0.662. The van der Waals surface area contributed by atoms with Gasteiger partial charge in [0, 0.05) is 12.2 Å². The third-order valence-corrected chi connectivity index (χ3v) is 3.58. The molecular formula is C21H32O9. The molecule has 0 amide bonds. The minimum atomic E-state index is -0.875. The van der Waals surface area contributed by atoms with Crippen molar-refractivity contribution >= 4 is 11.9 Å². The van der Waals surface area contributed by atoms with Gasteiger partial charge in [0.05, 0.1) is 51.7 Å². The van der Waals surface area contributed by atoms with Crippen molar-refractivity contribution in [1.29, 1.82) is 0 Å². The maximum Gasteiger partial charge on any atom is 0.330 e. The monoisotopic (exact) mass is 428 g/mol. The van der Waals surface area contributed by atoms with Gasteiger partial charge in [-0.05, 0) is 6.08 Å². The van der Waals surface area contributed by atoms with Gasteiger partial charge in [-0.15, -0.1) is 0 Å². The predicted octanol–water partition coefficient (Wildman–Crippen LogP) is 1.19. The lowest BCUT2D eigenvalue weighted by Gasteiger charge is -2.31. The van der Waals surface area contributed by atoms with Crippen LogP contribution in [-0.4, -0.2) is 83.1 Å². The molecule has 170 valence electrons. The van der Waals surface area contributed by atoms with Crippen molar-refractivity contribution in [2.75, 3.05) is 66.1 Å². The summed E-state index contributed by atoms with van der Waals surface area (Å²) in [6.07, 6.45) is 3.60. The first-order valence-corrected chi connectivity index (χ1v) is 9.29. The Morgan fingerprint density at radius 1 is 0.700 bits per heavy atom. The van der Waals surface area contributed by atoms with Crippen LogP contribution in [0.3, 0.4) is 0 Å². The zero-order valence-corrected chi connectivity index (χ0v) is 17.3. The van der Waals surface area contributed by atoms with E-state index in [9.17, 15) is 14.7 Å². The zero-order chi connectivity index (χ0) is 22.7. The number of allylic oxidation sites excluding steroid dienone is 1. The van der Waals surface area contributed by atoms with Crippen LogP contribution in [-0.2, 0) is 38.0 Å². The van der Waals surface area contributed by atoms with Crippen LogP contribution in [0.15, 0.2) is 50.3 Å². The first kappa shape index (κ1) is 27.5. The van der Waals surface area contributed by atoms with E-state index in [2.05, 4.69) is 26.3 Å². The minimum Gasteiger partial charge on any atom is -0.492 e. The van der Waals surface area contributed by atoms with E-state index in [1.165, 1.54) is 6.08 Å². The van der Waals surface area contributed by atoms with Crippen molar-refractivity contribution in [2.45, 2.75) is 0 Å². The molecule has 0 rings (SSSR count). The SMILES string of the molecule is C=CC(=C)OCCOCC(CO)(COCCOC(=O)C=C)COCCOC(=O)C=C. The topological polar surface area (TPSA) is 110 Å². The molecule has 9 nitrogen and oxygen atoms in total. The normalized spacial score (nSPS) is 10.7. The molecule has 0 radical (unpaired) electrons. The van der Waals surface area contributed by atoms with Gasteiger partial charge in [-0.25, -0.2) is 9.59 Å². The van der Waals surface area contributed by atoms with Gasteiger partial charge in [-0.2, -0.15) is 0 Å². The van der Waals surface area contributed by atoms with Gasteiger partial charge in [0.15, 0.2) is 0 Å². The van der Waals surface area contributed by atoms with Gasteiger partial charge in [0.2, 0.25) is 0 Å². The molecular weight excluding hydrogens is 396 g/mol. The van der Waals surface area contributed by atoms with Gasteiger partial charge < -0.3 is 33.5 Å². The van der Waals surface area contributed by atoms with Crippen molar-refractivity contribution in [2.24, 2.45) is 5.41 Å². The van der Waals surface area contributed by atoms with Crippen LogP contribution in [0.2, 0.25) is 0 Å². The Balaban J connectivity index is 4.52. The second-order valence-corrected chi connectivity index (χ2v) is 6.08. The van der Waals surface area contributed by atoms with Crippen LogP contribution in [0.4, 0.5) is 0 Å². The summed E-state index contributed by atoms with van der Waals surface area (Å²) >= 11 is 0. The zero-order valence-electron chi connectivity index (χ0n) is 17.3. The van der Waals surface area contributed by atoms with Crippen LogP contribution in [0, 0.1) is 5.41 Å². The van der Waals surface area contributed by atoms with E-state index in [1.807, 2.05) is 0 Å². The Labute approximate surface area is 177 Å². The average molecular weight is 428 g/mol. The summed E-state index contributed by atoms with van der Waals surface area (Å²) in [6.45, 7) is 14.6. The third-order valence-electron chi connectivity index (χ3n) is 3.58. The molecule has 0 saturated heterocycles. The number of hydrogen-bond acceptors (Lipinski definition) is 9. The fraction of sp³-hybridized carbons (Fsp3) is 0.524. The lowest BCUT2D eigenvalue weighted by molar-refractivity contribution is -0.142. The van der Waals surface area contributed by atoms with Crippen LogP contribution in [0.25, 0.3) is 0 Å². The summed E-state index contributed by atoms with van der Waals surface area (Å²) in [7, 11) is 0. The first-order chi connectivity index (χ1) is 14.4. The van der Waals surface area contributed by atoms with Gasteiger partial charge >= 0.3 is 11.9 Å². The minimum absolute atomic E-state index is 0.0447. The van der Waals surface area contributed by atoms with Gasteiger partial charge in [-0.3, -0.25) is 0 Å². The lowest BCUT2D eigenvalue weighted by Crippen LogP contribution is -2.41. The summed E-state index contributed by atoms with van der Waals surface area (Å²) in [5.41, 5.74) is -0.875. The van der Waals surface area contributed by atoms with E-state index in [0.29, 0.717) is 5.76 Å². The van der Waals surface area contributed by atoms with Crippen molar-refractivity contribution in [3.05, 3.63) is 50.3 Å². The Hall–Kier alpha value is -2.46. The van der Waals surface area contributed by atoms with Crippen LogP contribution < -0.4 is 0 Å². The van der Waals surface area contributed by atoms with E-state index in [-0.39, 0.29) is 66.1 Å². The molecule has 0 aliphatic heterocycles. The molecule has 0 saturated carbocycles. The highest BCUT2D eigenvalue weighted by Gasteiger charge is 2.31. The van der Waals surface area contributed by atoms with Crippen molar-refractivity contribution in [1.82, 2.24) is 0 Å². The number of aliphatic hydroxyl groups is 1. The Morgan fingerprint density at radius 3 is 1.43 bits per heavy atom. The summed E-state index contributed by atoms with van der Waals surface area (Å²) in [6, 6.07) is 0. The molecule has 0 aliphatic carbocycles. The fourth-order valence-corrected chi connectivity index (χ4v) is 1.94. The second-order valence-electron chi connectivity index (χ2n) is 6.08. The molecule has 0 bridgehead atoms. The number of esters is 2. The summed E-state index contributed by atoms with van der Waals surface area (Å²) in [4.78, 5) is 22.1. The van der Waals surface area contributed by atoms with Gasteiger partial charge in [0.25, 0.3) is 0 Å². The van der Waals surface area contributed by atoms with Gasteiger partial charge in [0.1, 0.15) is 25.6 Å². The maximum absolute atomic E-state index is 11.0. The average Bonchev–Trinajstić information content (AvgIpc) is 2.76. The molecule has 0 aromatic carbocycles. The first-order valence-electron chi connectivity index (χ1n) is 9.29. The Morgan fingerprint density at radius 2 is 1.10 bits per heavy atom. The fourth-order valence-electron chi connectivity index (χ4n) is 1.94. The molecule has 0 aromatic heterocycles. The summed E-state index contributed by atoms with van der Waals surface area (Å²) < 4.78 is 31.6. The number of ether oxygens (including phenoxy) is 6. The highest BCUT2D eigenvalue weighted by molar-refractivity contribution is 5.81. The predicted molar refractivity (Wildman–Crippen MR) is 110 cm³/mol. The van der Waals surface area contributed by atoms with Crippen molar-refractivity contribution < 1.29 is 43.1 Å². The standard InChI is InChI=1S/C21H32O9/c1-5-18(4)28-11-8-25-15-21(14-22,16-26-9-12-29-19(23)6-2)17-27-10-13-30-20(24)7-3/h5-7,22H,1-4,8-17H2. The van der Waals surface area contributed by atoms with Crippen LogP contribution in [0.1, 0.15) is 0 Å². The molecule has 0 aromatic rings.